The number of carbonyl (C=O) groups is 1. The summed E-state index contributed by atoms with van der Waals surface area (Å²) in [4.78, 5) is 14.3. The molecule has 0 bridgehead atoms. The first kappa shape index (κ1) is 17.1. The van der Waals surface area contributed by atoms with Crippen molar-refractivity contribution in [3.8, 4) is 0 Å². The number of amides is 1. The predicted octanol–water partition coefficient (Wildman–Crippen LogP) is 3.38. The summed E-state index contributed by atoms with van der Waals surface area (Å²) >= 11 is 0. The molecule has 2 aliphatic rings. The van der Waals surface area contributed by atoms with Crippen molar-refractivity contribution in [3.63, 3.8) is 0 Å². The summed E-state index contributed by atoms with van der Waals surface area (Å²) in [7, 11) is 0. The van der Waals surface area contributed by atoms with E-state index < -0.39 is 0 Å². The van der Waals surface area contributed by atoms with Gasteiger partial charge in [0.05, 0.1) is 19.2 Å². The highest BCUT2D eigenvalue weighted by Gasteiger charge is 2.48. The van der Waals surface area contributed by atoms with Crippen molar-refractivity contribution in [2.75, 3.05) is 13.2 Å². The van der Waals surface area contributed by atoms with Gasteiger partial charge >= 0.3 is 6.09 Å². The number of carbonyl (C=O) groups excluding carboxylic acids is 1. The van der Waals surface area contributed by atoms with Gasteiger partial charge in [-0.2, -0.15) is 0 Å². The zero-order valence-corrected chi connectivity index (χ0v) is 14.6. The third kappa shape index (κ3) is 3.74. The summed E-state index contributed by atoms with van der Waals surface area (Å²) < 4.78 is 17.4. The Balaban J connectivity index is 1.35. The van der Waals surface area contributed by atoms with E-state index in [0.29, 0.717) is 19.8 Å². The van der Waals surface area contributed by atoms with E-state index in [9.17, 15) is 4.79 Å². The maximum absolute atomic E-state index is 12.6. The van der Waals surface area contributed by atoms with Gasteiger partial charge in [-0.1, -0.05) is 60.7 Å². The Labute approximate surface area is 153 Å². The van der Waals surface area contributed by atoms with Gasteiger partial charge in [-0.3, -0.25) is 4.90 Å². The second-order valence-electron chi connectivity index (χ2n) is 6.72. The van der Waals surface area contributed by atoms with E-state index in [1.807, 2.05) is 60.7 Å². The lowest BCUT2D eigenvalue weighted by atomic mass is 10.1. The van der Waals surface area contributed by atoms with Crippen LogP contribution in [0.5, 0.6) is 0 Å². The van der Waals surface area contributed by atoms with Gasteiger partial charge in [0, 0.05) is 6.61 Å². The Morgan fingerprint density at radius 3 is 2.35 bits per heavy atom. The minimum atomic E-state index is -0.292. The normalized spacial score (nSPS) is 24.5. The summed E-state index contributed by atoms with van der Waals surface area (Å²) in [6, 6.07) is 19.8. The predicted molar refractivity (Wildman–Crippen MR) is 96.5 cm³/mol. The number of ether oxygens (including phenoxy) is 3. The molecule has 2 aliphatic heterocycles. The number of nitrogens with zero attached hydrogens (tertiary/aromatic N) is 1. The van der Waals surface area contributed by atoms with Crippen molar-refractivity contribution in [2.24, 2.45) is 0 Å². The van der Waals surface area contributed by atoms with E-state index >= 15 is 0 Å². The van der Waals surface area contributed by atoms with Crippen LogP contribution >= 0.6 is 0 Å². The molecule has 2 aromatic rings. The Bertz CT molecular complexity index is 721. The summed E-state index contributed by atoms with van der Waals surface area (Å²) in [6.07, 6.45) is 0.353. The van der Waals surface area contributed by atoms with Gasteiger partial charge < -0.3 is 14.2 Å². The molecule has 0 aliphatic carbocycles. The second-order valence-corrected chi connectivity index (χ2v) is 6.72. The molecular weight excluding hydrogens is 330 g/mol. The topological polar surface area (TPSA) is 48.0 Å². The first-order valence-electron chi connectivity index (χ1n) is 9.06. The third-order valence-electron chi connectivity index (χ3n) is 4.99. The van der Waals surface area contributed by atoms with E-state index in [1.54, 1.807) is 4.90 Å². The lowest BCUT2D eigenvalue weighted by Crippen LogP contribution is -2.37. The smallest absolute Gasteiger partial charge is 0.410 e. The lowest BCUT2D eigenvalue weighted by Gasteiger charge is -2.21. The molecule has 0 N–H and O–H groups in total. The second kappa shape index (κ2) is 7.89. The molecule has 4 rings (SSSR count). The van der Waals surface area contributed by atoms with Crippen LogP contribution in [0.25, 0.3) is 0 Å². The van der Waals surface area contributed by atoms with Crippen LogP contribution < -0.4 is 0 Å². The zero-order chi connectivity index (χ0) is 17.8. The minimum Gasteiger partial charge on any atom is -0.445 e. The monoisotopic (exact) mass is 353 g/mol. The molecule has 26 heavy (non-hydrogen) atoms. The SMILES string of the molecule is O=C(OCc1ccccc1)N1C[C@@H](OCc2ccccc2)C2OCC[C@H]21. The van der Waals surface area contributed by atoms with Gasteiger partial charge in [0.25, 0.3) is 0 Å². The summed E-state index contributed by atoms with van der Waals surface area (Å²) in [5, 5.41) is 0. The van der Waals surface area contributed by atoms with E-state index in [1.165, 1.54) is 0 Å². The molecule has 3 atom stereocenters. The largest absolute Gasteiger partial charge is 0.445 e. The molecule has 136 valence electrons. The van der Waals surface area contributed by atoms with Gasteiger partial charge in [-0.25, -0.2) is 4.79 Å². The minimum absolute atomic E-state index is 0.0408. The number of fused-ring (bicyclic) bond motifs is 1. The molecular formula is C21H23NO4. The van der Waals surface area contributed by atoms with Crippen molar-refractivity contribution < 1.29 is 19.0 Å². The quantitative estimate of drug-likeness (QED) is 0.827. The van der Waals surface area contributed by atoms with Crippen LogP contribution in [0.2, 0.25) is 0 Å². The lowest BCUT2D eigenvalue weighted by molar-refractivity contribution is -0.0374. The molecule has 2 aromatic carbocycles. The van der Waals surface area contributed by atoms with Crippen LogP contribution in [-0.2, 0) is 27.4 Å². The van der Waals surface area contributed by atoms with Crippen LogP contribution in [0.4, 0.5) is 4.79 Å². The molecule has 2 saturated heterocycles. The molecule has 1 amide bonds. The number of rotatable bonds is 5. The van der Waals surface area contributed by atoms with Crippen molar-refractivity contribution in [3.05, 3.63) is 71.8 Å². The fourth-order valence-corrected chi connectivity index (χ4v) is 3.66. The van der Waals surface area contributed by atoms with Crippen LogP contribution in [0.1, 0.15) is 17.5 Å². The Morgan fingerprint density at radius 2 is 1.65 bits per heavy atom. The van der Waals surface area contributed by atoms with Crippen LogP contribution in [0.15, 0.2) is 60.7 Å². The molecule has 0 radical (unpaired) electrons. The van der Waals surface area contributed by atoms with Gasteiger partial charge in [0.15, 0.2) is 0 Å². The molecule has 0 saturated carbocycles. The van der Waals surface area contributed by atoms with E-state index in [4.69, 9.17) is 14.2 Å². The standard InChI is InChI=1S/C21H23NO4/c23-21(26-15-17-9-5-2-6-10-17)22-13-19(20-18(22)11-12-24-20)25-14-16-7-3-1-4-8-16/h1-10,18-20H,11-15H2/t18-,19-,20?/m1/s1. The molecule has 2 heterocycles. The molecule has 0 spiro atoms. The third-order valence-corrected chi connectivity index (χ3v) is 4.99. The average Bonchev–Trinajstić information content (AvgIpc) is 3.29. The van der Waals surface area contributed by atoms with E-state index in [2.05, 4.69) is 0 Å². The van der Waals surface area contributed by atoms with Gasteiger partial charge in [0.1, 0.15) is 18.8 Å². The maximum Gasteiger partial charge on any atom is 0.410 e. The summed E-state index contributed by atoms with van der Waals surface area (Å²) in [5.41, 5.74) is 2.10. The molecule has 5 heteroatoms. The number of likely N-dealkylation sites (tertiary alicyclic amines) is 1. The fourth-order valence-electron chi connectivity index (χ4n) is 3.66. The highest BCUT2D eigenvalue weighted by atomic mass is 16.6. The first-order chi connectivity index (χ1) is 12.8. The number of hydrogen-bond donors (Lipinski definition) is 0. The molecule has 5 nitrogen and oxygen atoms in total. The highest BCUT2D eigenvalue weighted by Crippen LogP contribution is 2.32. The zero-order valence-electron chi connectivity index (χ0n) is 14.6. The maximum atomic E-state index is 12.6. The van der Waals surface area contributed by atoms with Gasteiger partial charge in [-0.05, 0) is 17.5 Å². The Morgan fingerprint density at radius 1 is 1.00 bits per heavy atom. The van der Waals surface area contributed by atoms with Crippen molar-refractivity contribution in [1.29, 1.82) is 0 Å². The van der Waals surface area contributed by atoms with Gasteiger partial charge in [-0.15, -0.1) is 0 Å². The molecule has 2 fully saturated rings. The van der Waals surface area contributed by atoms with Crippen molar-refractivity contribution in [2.45, 2.75) is 37.9 Å². The van der Waals surface area contributed by atoms with Crippen LogP contribution in [-0.4, -0.2) is 42.4 Å². The van der Waals surface area contributed by atoms with E-state index in [-0.39, 0.29) is 30.9 Å². The summed E-state index contributed by atoms with van der Waals surface area (Å²) in [5.74, 6) is 0. The van der Waals surface area contributed by atoms with Crippen molar-refractivity contribution in [1.82, 2.24) is 4.90 Å². The first-order valence-corrected chi connectivity index (χ1v) is 9.06. The Hall–Kier alpha value is -2.37. The average molecular weight is 353 g/mol. The Kier molecular flexibility index (Phi) is 5.18. The molecule has 1 unspecified atom stereocenters. The molecule has 0 aromatic heterocycles. The fraction of sp³-hybridized carbons (Fsp3) is 0.381. The van der Waals surface area contributed by atoms with Crippen LogP contribution in [0.3, 0.4) is 0 Å². The summed E-state index contributed by atoms with van der Waals surface area (Å²) in [6.45, 7) is 1.97. The van der Waals surface area contributed by atoms with E-state index in [0.717, 1.165) is 17.5 Å². The highest BCUT2D eigenvalue weighted by molar-refractivity contribution is 5.69. The van der Waals surface area contributed by atoms with Gasteiger partial charge in [0.2, 0.25) is 0 Å². The van der Waals surface area contributed by atoms with Crippen LogP contribution in [0, 0.1) is 0 Å². The van der Waals surface area contributed by atoms with Crippen molar-refractivity contribution >= 4 is 6.09 Å². The number of benzene rings is 2. The number of hydrogen-bond acceptors (Lipinski definition) is 4.